The van der Waals surface area contributed by atoms with Crippen LogP contribution >= 0.6 is 0 Å². The highest BCUT2D eigenvalue weighted by Gasteiger charge is 2.10. The summed E-state index contributed by atoms with van der Waals surface area (Å²) in [5.41, 5.74) is 4.35. The van der Waals surface area contributed by atoms with Crippen molar-refractivity contribution in [3.8, 4) is 0 Å². The number of rotatable bonds is 6. The Morgan fingerprint density at radius 3 is 2.94 bits per heavy atom. The van der Waals surface area contributed by atoms with Gasteiger partial charge >= 0.3 is 0 Å². The Morgan fingerprint density at radius 1 is 1.28 bits per heavy atom. The van der Waals surface area contributed by atoms with E-state index in [0.29, 0.717) is 13.0 Å². The summed E-state index contributed by atoms with van der Waals surface area (Å²) in [6.45, 7) is 4.25. The second-order valence-electron chi connectivity index (χ2n) is 4.84. The van der Waals surface area contributed by atoms with Gasteiger partial charge in [0, 0.05) is 26.1 Å². The minimum Gasteiger partial charge on any atom is -0.356 e. The first kappa shape index (κ1) is 13.1. The first-order valence-electron chi connectivity index (χ1n) is 6.87. The first-order valence-corrected chi connectivity index (χ1v) is 6.87. The Bertz CT molecular complexity index is 415. The van der Waals surface area contributed by atoms with Gasteiger partial charge in [0.15, 0.2) is 0 Å². The van der Waals surface area contributed by atoms with Crippen LogP contribution in [0.3, 0.4) is 0 Å². The average Bonchev–Trinajstić information content (AvgIpc) is 2.82. The van der Waals surface area contributed by atoms with E-state index in [9.17, 15) is 4.79 Å². The third kappa shape index (κ3) is 3.57. The summed E-state index contributed by atoms with van der Waals surface area (Å²) in [5.74, 6) is 0.124. The zero-order valence-corrected chi connectivity index (χ0v) is 11.1. The topological polar surface area (TPSA) is 41.1 Å². The summed E-state index contributed by atoms with van der Waals surface area (Å²) in [5, 5.41) is 6.12. The molecule has 0 atom stereocenters. The lowest BCUT2D eigenvalue weighted by Gasteiger charge is -2.07. The summed E-state index contributed by atoms with van der Waals surface area (Å²) in [7, 11) is 0. The molecule has 0 fully saturated rings. The molecule has 3 heteroatoms. The molecule has 1 aliphatic rings. The molecule has 1 aromatic rings. The third-order valence-electron chi connectivity index (χ3n) is 3.39. The molecule has 0 aliphatic heterocycles. The summed E-state index contributed by atoms with van der Waals surface area (Å²) in [6, 6.07) is 6.76. The van der Waals surface area contributed by atoms with Crippen LogP contribution in [0.4, 0.5) is 0 Å². The lowest BCUT2D eigenvalue weighted by molar-refractivity contribution is -0.120. The van der Waals surface area contributed by atoms with Crippen LogP contribution < -0.4 is 10.6 Å². The highest BCUT2D eigenvalue weighted by atomic mass is 16.1. The molecule has 2 rings (SSSR count). The maximum Gasteiger partial charge on any atom is 0.221 e. The number of fused-ring (bicyclic) bond motifs is 1. The van der Waals surface area contributed by atoms with Gasteiger partial charge < -0.3 is 10.6 Å². The minimum atomic E-state index is 0.124. The number of aryl methyl sites for hydroxylation is 2. The van der Waals surface area contributed by atoms with Gasteiger partial charge in [0.1, 0.15) is 0 Å². The summed E-state index contributed by atoms with van der Waals surface area (Å²) < 4.78 is 0. The van der Waals surface area contributed by atoms with Gasteiger partial charge in [-0.05, 0) is 42.9 Å². The van der Waals surface area contributed by atoms with Crippen LogP contribution in [0.5, 0.6) is 0 Å². The van der Waals surface area contributed by atoms with Crippen LogP contribution in [0.25, 0.3) is 0 Å². The summed E-state index contributed by atoms with van der Waals surface area (Å²) in [4.78, 5) is 11.3. The summed E-state index contributed by atoms with van der Waals surface area (Å²) in [6.07, 6.45) is 4.31. The summed E-state index contributed by atoms with van der Waals surface area (Å²) >= 11 is 0. The fourth-order valence-electron chi connectivity index (χ4n) is 2.46. The quantitative estimate of drug-likeness (QED) is 0.751. The second kappa shape index (κ2) is 6.55. The molecular formula is C15H22N2O. The first-order chi connectivity index (χ1) is 8.79. The van der Waals surface area contributed by atoms with Crippen LogP contribution in [-0.4, -0.2) is 19.0 Å². The number of hydrogen-bond acceptors (Lipinski definition) is 2. The number of carbonyl (C=O) groups excluding carboxylic acids is 1. The van der Waals surface area contributed by atoms with Crippen molar-refractivity contribution in [1.29, 1.82) is 0 Å². The fourth-order valence-corrected chi connectivity index (χ4v) is 2.46. The fraction of sp³-hybridized carbons (Fsp3) is 0.533. The van der Waals surface area contributed by atoms with Crippen molar-refractivity contribution < 1.29 is 4.79 Å². The van der Waals surface area contributed by atoms with E-state index < -0.39 is 0 Å². The molecule has 0 bridgehead atoms. The molecule has 0 saturated heterocycles. The lowest BCUT2D eigenvalue weighted by atomic mass is 10.1. The van der Waals surface area contributed by atoms with Crippen molar-refractivity contribution in [2.75, 3.05) is 13.1 Å². The van der Waals surface area contributed by atoms with Crippen molar-refractivity contribution in [1.82, 2.24) is 10.6 Å². The van der Waals surface area contributed by atoms with Crippen LogP contribution in [0.2, 0.25) is 0 Å². The Balaban J connectivity index is 1.72. The van der Waals surface area contributed by atoms with Crippen LogP contribution in [-0.2, 0) is 24.2 Å². The largest absolute Gasteiger partial charge is 0.356 e. The number of carbonyl (C=O) groups is 1. The molecule has 2 N–H and O–H groups in total. The molecule has 1 amide bonds. The zero-order chi connectivity index (χ0) is 12.8. The molecule has 98 valence electrons. The van der Waals surface area contributed by atoms with Crippen LogP contribution in [0, 0.1) is 0 Å². The van der Waals surface area contributed by atoms with E-state index in [4.69, 9.17) is 0 Å². The van der Waals surface area contributed by atoms with Crippen LogP contribution in [0.1, 0.15) is 36.5 Å². The second-order valence-corrected chi connectivity index (χ2v) is 4.84. The predicted octanol–water partition coefficient (Wildman–Crippen LogP) is 1.79. The standard InChI is InChI=1S/C15H22N2O/c1-2-17-15(18)8-9-16-11-12-6-7-13-4-3-5-14(13)10-12/h6-7,10,16H,2-5,8-9,11H2,1H3,(H,17,18). The third-order valence-corrected chi connectivity index (χ3v) is 3.39. The molecule has 0 unspecified atom stereocenters. The smallest absolute Gasteiger partial charge is 0.221 e. The zero-order valence-electron chi connectivity index (χ0n) is 11.1. The highest BCUT2D eigenvalue weighted by Crippen LogP contribution is 2.22. The van der Waals surface area contributed by atoms with E-state index in [0.717, 1.165) is 13.1 Å². The van der Waals surface area contributed by atoms with E-state index in [1.54, 1.807) is 0 Å². The molecule has 0 saturated carbocycles. The van der Waals surface area contributed by atoms with Gasteiger partial charge in [-0.25, -0.2) is 0 Å². The van der Waals surface area contributed by atoms with Gasteiger partial charge in [-0.1, -0.05) is 18.2 Å². The Labute approximate surface area is 109 Å². The van der Waals surface area contributed by atoms with Gasteiger partial charge in [-0.2, -0.15) is 0 Å². The number of hydrogen-bond donors (Lipinski definition) is 2. The molecule has 1 aliphatic carbocycles. The SMILES string of the molecule is CCNC(=O)CCNCc1ccc2c(c1)CCC2. The minimum absolute atomic E-state index is 0.124. The van der Waals surface area contributed by atoms with Crippen molar-refractivity contribution in [2.45, 2.75) is 39.2 Å². The van der Waals surface area contributed by atoms with Gasteiger partial charge in [0.25, 0.3) is 0 Å². The molecule has 18 heavy (non-hydrogen) atoms. The van der Waals surface area contributed by atoms with Gasteiger partial charge in [0.2, 0.25) is 5.91 Å². The number of benzene rings is 1. The van der Waals surface area contributed by atoms with Gasteiger partial charge in [-0.3, -0.25) is 4.79 Å². The molecule has 0 heterocycles. The Kier molecular flexibility index (Phi) is 4.76. The van der Waals surface area contributed by atoms with E-state index in [-0.39, 0.29) is 5.91 Å². The molecule has 0 aromatic heterocycles. The number of amides is 1. The normalized spacial score (nSPS) is 13.4. The van der Waals surface area contributed by atoms with Crippen molar-refractivity contribution in [2.24, 2.45) is 0 Å². The van der Waals surface area contributed by atoms with E-state index >= 15 is 0 Å². The van der Waals surface area contributed by atoms with E-state index in [2.05, 4.69) is 28.8 Å². The van der Waals surface area contributed by atoms with Gasteiger partial charge in [0.05, 0.1) is 0 Å². The molecule has 3 nitrogen and oxygen atoms in total. The lowest BCUT2D eigenvalue weighted by Crippen LogP contribution is -2.27. The van der Waals surface area contributed by atoms with Crippen molar-refractivity contribution >= 4 is 5.91 Å². The monoisotopic (exact) mass is 246 g/mol. The molecule has 1 aromatic carbocycles. The molecule has 0 spiro atoms. The van der Waals surface area contributed by atoms with Gasteiger partial charge in [-0.15, -0.1) is 0 Å². The molecular weight excluding hydrogens is 224 g/mol. The van der Waals surface area contributed by atoms with E-state index in [1.165, 1.54) is 36.0 Å². The van der Waals surface area contributed by atoms with Crippen LogP contribution in [0.15, 0.2) is 18.2 Å². The van der Waals surface area contributed by atoms with Crippen molar-refractivity contribution in [3.63, 3.8) is 0 Å². The maximum absolute atomic E-state index is 11.3. The average molecular weight is 246 g/mol. The van der Waals surface area contributed by atoms with Crippen molar-refractivity contribution in [3.05, 3.63) is 34.9 Å². The molecule has 0 radical (unpaired) electrons. The number of nitrogens with one attached hydrogen (secondary N) is 2. The maximum atomic E-state index is 11.3. The highest BCUT2D eigenvalue weighted by molar-refractivity contribution is 5.75. The Morgan fingerprint density at radius 2 is 2.11 bits per heavy atom. The van der Waals surface area contributed by atoms with E-state index in [1.807, 2.05) is 6.92 Å². The Hall–Kier alpha value is -1.35. The predicted molar refractivity (Wildman–Crippen MR) is 73.5 cm³/mol.